The highest BCUT2D eigenvalue weighted by Gasteiger charge is 2.18. The second-order valence-corrected chi connectivity index (χ2v) is 4.67. The summed E-state index contributed by atoms with van der Waals surface area (Å²) in [5.41, 5.74) is 1.39. The Morgan fingerprint density at radius 2 is 2.21 bits per heavy atom. The van der Waals surface area contributed by atoms with Gasteiger partial charge in [0.15, 0.2) is 5.22 Å². The summed E-state index contributed by atoms with van der Waals surface area (Å²) in [6.45, 7) is 0. The predicted octanol–water partition coefficient (Wildman–Crippen LogP) is 3.84. The Kier molecular flexibility index (Phi) is 2.97. The number of aliphatic hydroxyl groups excluding tert-OH is 1. The van der Waals surface area contributed by atoms with Crippen LogP contribution >= 0.6 is 38.9 Å². The summed E-state index contributed by atoms with van der Waals surface area (Å²) in [6.07, 6.45) is 0.725. The number of halogens is 2. The topological polar surface area (TPSA) is 33.4 Å². The molecule has 0 saturated carbocycles. The second-order valence-electron chi connectivity index (χ2n) is 2.73. The second kappa shape index (κ2) is 4.06. The first kappa shape index (κ1) is 10.2. The lowest BCUT2D eigenvalue weighted by atomic mass is 10.1. The molecular formula is C9H6BrClO2S. The monoisotopic (exact) mass is 292 g/mol. The van der Waals surface area contributed by atoms with Crippen molar-refractivity contribution in [2.24, 2.45) is 0 Å². The molecule has 2 nitrogen and oxygen atoms in total. The van der Waals surface area contributed by atoms with Gasteiger partial charge in [0, 0.05) is 21.0 Å². The highest BCUT2D eigenvalue weighted by Crippen LogP contribution is 2.34. The van der Waals surface area contributed by atoms with Crippen LogP contribution < -0.4 is 0 Å². The summed E-state index contributed by atoms with van der Waals surface area (Å²) < 4.78 is 5.80. The molecule has 0 fully saturated rings. The summed E-state index contributed by atoms with van der Waals surface area (Å²) in [6, 6.07) is 1.66. The van der Waals surface area contributed by atoms with Crippen molar-refractivity contribution in [1.82, 2.24) is 0 Å². The molecule has 0 bridgehead atoms. The number of aliphatic hydroxyl groups is 1. The highest BCUT2D eigenvalue weighted by atomic mass is 79.9. The first-order valence-corrected chi connectivity index (χ1v) is 5.94. The largest absolute Gasteiger partial charge is 0.453 e. The zero-order valence-corrected chi connectivity index (χ0v) is 10.1. The van der Waals surface area contributed by atoms with Crippen LogP contribution in [0.5, 0.6) is 0 Å². The zero-order chi connectivity index (χ0) is 10.1. The van der Waals surface area contributed by atoms with E-state index < -0.39 is 6.10 Å². The summed E-state index contributed by atoms with van der Waals surface area (Å²) in [5, 5.41) is 14.0. The minimum absolute atomic E-state index is 0.232. The number of thiophene rings is 1. The molecule has 0 aliphatic heterocycles. The van der Waals surface area contributed by atoms with Crippen molar-refractivity contribution in [3.63, 3.8) is 0 Å². The molecule has 1 N–H and O–H groups in total. The molecule has 14 heavy (non-hydrogen) atoms. The van der Waals surface area contributed by atoms with E-state index in [0.717, 1.165) is 10.0 Å². The third-order valence-corrected chi connectivity index (χ3v) is 3.94. The molecule has 0 amide bonds. The molecular weight excluding hydrogens is 288 g/mol. The lowest BCUT2D eigenvalue weighted by Crippen LogP contribution is -1.97. The van der Waals surface area contributed by atoms with Crippen LogP contribution in [0.3, 0.4) is 0 Å². The van der Waals surface area contributed by atoms with Gasteiger partial charge in [0.05, 0.1) is 6.26 Å². The van der Waals surface area contributed by atoms with E-state index in [-0.39, 0.29) is 5.22 Å². The summed E-state index contributed by atoms with van der Waals surface area (Å²) in [5.74, 6) is 0. The Morgan fingerprint density at radius 3 is 2.71 bits per heavy atom. The van der Waals surface area contributed by atoms with Crippen molar-refractivity contribution < 1.29 is 9.52 Å². The number of hydrogen-bond acceptors (Lipinski definition) is 3. The number of rotatable bonds is 2. The minimum Gasteiger partial charge on any atom is -0.453 e. The molecule has 0 aromatic carbocycles. The molecule has 0 saturated heterocycles. The van der Waals surface area contributed by atoms with E-state index in [2.05, 4.69) is 15.9 Å². The van der Waals surface area contributed by atoms with Crippen LogP contribution in [-0.2, 0) is 0 Å². The van der Waals surface area contributed by atoms with Gasteiger partial charge in [-0.3, -0.25) is 0 Å². The Morgan fingerprint density at radius 1 is 1.43 bits per heavy atom. The standard InChI is InChI=1S/C9H6BrClO2S/c10-7-4-14-3-6(7)8(12)5-1-2-13-9(5)11/h1-4,8,12H. The summed E-state index contributed by atoms with van der Waals surface area (Å²) in [7, 11) is 0. The summed E-state index contributed by atoms with van der Waals surface area (Å²) in [4.78, 5) is 0. The average Bonchev–Trinajstić information content (AvgIpc) is 2.73. The Balaban J connectivity index is 2.38. The van der Waals surface area contributed by atoms with Crippen LogP contribution in [0.4, 0.5) is 0 Å². The smallest absolute Gasteiger partial charge is 0.199 e. The van der Waals surface area contributed by atoms with Crippen molar-refractivity contribution in [3.8, 4) is 0 Å². The van der Waals surface area contributed by atoms with E-state index in [1.165, 1.54) is 17.6 Å². The Bertz CT molecular complexity index is 397. The molecule has 2 aromatic rings. The third-order valence-electron chi connectivity index (χ3n) is 1.88. The number of hydrogen-bond donors (Lipinski definition) is 1. The maximum Gasteiger partial charge on any atom is 0.199 e. The third kappa shape index (κ3) is 1.75. The fourth-order valence-corrected chi connectivity index (χ4v) is 2.90. The van der Waals surface area contributed by atoms with Gasteiger partial charge in [0.1, 0.15) is 6.10 Å². The maximum absolute atomic E-state index is 9.96. The fourth-order valence-electron chi connectivity index (χ4n) is 1.15. The average molecular weight is 294 g/mol. The quantitative estimate of drug-likeness (QED) is 0.912. The van der Waals surface area contributed by atoms with Gasteiger partial charge in [0.2, 0.25) is 0 Å². The Labute approximate surface area is 98.3 Å². The highest BCUT2D eigenvalue weighted by molar-refractivity contribution is 9.10. The van der Waals surface area contributed by atoms with Crippen LogP contribution in [0.25, 0.3) is 0 Å². The first-order chi connectivity index (χ1) is 6.70. The molecule has 0 aliphatic carbocycles. The van der Waals surface area contributed by atoms with E-state index in [0.29, 0.717) is 5.56 Å². The minimum atomic E-state index is -0.734. The molecule has 2 heterocycles. The lowest BCUT2D eigenvalue weighted by molar-refractivity contribution is 0.219. The van der Waals surface area contributed by atoms with Crippen LogP contribution in [-0.4, -0.2) is 5.11 Å². The van der Waals surface area contributed by atoms with Crippen molar-refractivity contribution in [3.05, 3.63) is 43.9 Å². The molecule has 0 spiro atoms. The van der Waals surface area contributed by atoms with E-state index >= 15 is 0 Å². The van der Waals surface area contributed by atoms with Crippen LogP contribution in [0.1, 0.15) is 17.2 Å². The van der Waals surface area contributed by atoms with Crippen molar-refractivity contribution in [2.75, 3.05) is 0 Å². The van der Waals surface area contributed by atoms with Gasteiger partial charge < -0.3 is 9.52 Å². The zero-order valence-electron chi connectivity index (χ0n) is 6.91. The molecule has 2 rings (SSSR count). The van der Waals surface area contributed by atoms with Crippen molar-refractivity contribution in [2.45, 2.75) is 6.10 Å². The van der Waals surface area contributed by atoms with Gasteiger partial charge in [-0.15, -0.1) is 0 Å². The van der Waals surface area contributed by atoms with Gasteiger partial charge in [-0.2, -0.15) is 11.3 Å². The van der Waals surface area contributed by atoms with Gasteiger partial charge >= 0.3 is 0 Å². The molecule has 2 aromatic heterocycles. The SMILES string of the molecule is OC(c1cscc1Br)c1ccoc1Cl. The molecule has 1 atom stereocenters. The van der Waals surface area contributed by atoms with E-state index in [4.69, 9.17) is 16.0 Å². The van der Waals surface area contributed by atoms with Crippen LogP contribution in [0, 0.1) is 0 Å². The molecule has 5 heteroatoms. The fraction of sp³-hybridized carbons (Fsp3) is 0.111. The van der Waals surface area contributed by atoms with E-state index in [1.807, 2.05) is 10.8 Å². The lowest BCUT2D eigenvalue weighted by Gasteiger charge is -2.07. The molecule has 0 radical (unpaired) electrons. The normalized spacial score (nSPS) is 13.1. The Hall–Kier alpha value is -0.290. The van der Waals surface area contributed by atoms with Crippen LogP contribution in [0.2, 0.25) is 5.22 Å². The van der Waals surface area contributed by atoms with Gasteiger partial charge in [-0.05, 0) is 39.0 Å². The molecule has 74 valence electrons. The van der Waals surface area contributed by atoms with E-state index in [1.54, 1.807) is 6.07 Å². The molecule has 0 aliphatic rings. The maximum atomic E-state index is 9.96. The van der Waals surface area contributed by atoms with Crippen molar-refractivity contribution in [1.29, 1.82) is 0 Å². The van der Waals surface area contributed by atoms with Gasteiger partial charge in [0.25, 0.3) is 0 Å². The summed E-state index contributed by atoms with van der Waals surface area (Å²) >= 11 is 10.6. The predicted molar refractivity (Wildman–Crippen MR) is 59.8 cm³/mol. The van der Waals surface area contributed by atoms with Crippen LogP contribution in [0.15, 0.2) is 32.0 Å². The molecule has 1 unspecified atom stereocenters. The van der Waals surface area contributed by atoms with Gasteiger partial charge in [-0.25, -0.2) is 0 Å². The van der Waals surface area contributed by atoms with Crippen molar-refractivity contribution >= 4 is 38.9 Å². The van der Waals surface area contributed by atoms with E-state index in [9.17, 15) is 5.11 Å². The van der Waals surface area contributed by atoms with Gasteiger partial charge in [-0.1, -0.05) is 0 Å². The number of furan rings is 1. The first-order valence-electron chi connectivity index (χ1n) is 3.82.